The molecule has 6 nitrogen and oxygen atoms in total. The quantitative estimate of drug-likeness (QED) is 0.534. The fourth-order valence-corrected chi connectivity index (χ4v) is 3.41. The number of aromatic nitrogens is 2. The summed E-state index contributed by atoms with van der Waals surface area (Å²) in [6, 6.07) is 14.8. The lowest BCUT2D eigenvalue weighted by Gasteiger charge is -2.13. The van der Waals surface area contributed by atoms with Gasteiger partial charge in [-0.3, -0.25) is 9.59 Å². The van der Waals surface area contributed by atoms with Gasteiger partial charge in [-0.15, -0.1) is 0 Å². The second-order valence-electron chi connectivity index (χ2n) is 8.02. The first kappa shape index (κ1) is 22.6. The Bertz CT molecular complexity index is 1090. The zero-order chi connectivity index (χ0) is 22.5. The number of halogens is 1. The van der Waals surface area contributed by atoms with Crippen molar-refractivity contribution in [1.82, 2.24) is 15.1 Å². The minimum Gasteiger partial charge on any atom is -0.348 e. The number of benzene rings is 2. The maximum absolute atomic E-state index is 12.9. The van der Waals surface area contributed by atoms with E-state index in [1.54, 1.807) is 16.9 Å². The summed E-state index contributed by atoms with van der Waals surface area (Å²) in [5.74, 6) is -0.268. The number of carbonyl (C=O) groups is 2. The smallest absolute Gasteiger partial charge is 0.255 e. The highest BCUT2D eigenvalue weighted by molar-refractivity contribution is 6.30. The molecule has 0 radical (unpaired) electrons. The molecule has 2 aromatic carbocycles. The van der Waals surface area contributed by atoms with Gasteiger partial charge >= 0.3 is 0 Å². The van der Waals surface area contributed by atoms with Gasteiger partial charge in [-0.1, -0.05) is 57.5 Å². The standard InChI is InChI=1S/C24H27ClN4O2/c1-15(2)22-21(14-27-29(22)20-10-6-8-18(25)12-20)24(31)26-13-17-7-5-9-19(11-17)28-23(30)16(3)4/h5-12,14-16H,13H2,1-4H3,(H,26,31)(H,28,30). The minimum atomic E-state index is -0.200. The molecule has 0 aliphatic rings. The van der Waals surface area contributed by atoms with E-state index in [-0.39, 0.29) is 23.7 Å². The summed E-state index contributed by atoms with van der Waals surface area (Å²) in [5, 5.41) is 10.9. The number of hydrogen-bond acceptors (Lipinski definition) is 3. The van der Waals surface area contributed by atoms with Crippen molar-refractivity contribution in [2.24, 2.45) is 5.92 Å². The molecule has 1 heterocycles. The van der Waals surface area contributed by atoms with Gasteiger partial charge in [-0.05, 0) is 41.8 Å². The van der Waals surface area contributed by atoms with Crippen molar-refractivity contribution in [3.8, 4) is 5.69 Å². The third kappa shape index (κ3) is 5.52. The van der Waals surface area contributed by atoms with Gasteiger partial charge < -0.3 is 10.6 Å². The van der Waals surface area contributed by atoms with Gasteiger partial charge in [0.2, 0.25) is 5.91 Å². The molecule has 0 saturated carbocycles. The predicted molar refractivity (Wildman–Crippen MR) is 124 cm³/mol. The molecule has 31 heavy (non-hydrogen) atoms. The zero-order valence-electron chi connectivity index (χ0n) is 18.1. The first-order valence-electron chi connectivity index (χ1n) is 10.3. The van der Waals surface area contributed by atoms with E-state index in [1.807, 2.05) is 70.2 Å². The maximum Gasteiger partial charge on any atom is 0.255 e. The Kier molecular flexibility index (Phi) is 7.13. The molecule has 2 N–H and O–H groups in total. The summed E-state index contributed by atoms with van der Waals surface area (Å²) >= 11 is 6.13. The van der Waals surface area contributed by atoms with E-state index in [4.69, 9.17) is 11.6 Å². The Morgan fingerprint density at radius 1 is 1.06 bits per heavy atom. The normalized spacial score (nSPS) is 11.1. The van der Waals surface area contributed by atoms with Crippen molar-refractivity contribution in [3.63, 3.8) is 0 Å². The Labute approximate surface area is 187 Å². The lowest BCUT2D eigenvalue weighted by Crippen LogP contribution is -2.24. The largest absolute Gasteiger partial charge is 0.348 e. The van der Waals surface area contributed by atoms with Gasteiger partial charge in [0, 0.05) is 23.2 Å². The van der Waals surface area contributed by atoms with Crippen LogP contribution in [0.25, 0.3) is 5.69 Å². The summed E-state index contributed by atoms with van der Waals surface area (Å²) in [4.78, 5) is 24.9. The van der Waals surface area contributed by atoms with Crippen molar-refractivity contribution in [3.05, 3.63) is 76.6 Å². The highest BCUT2D eigenvalue weighted by atomic mass is 35.5. The minimum absolute atomic E-state index is 0.0452. The molecule has 1 aromatic heterocycles. The van der Waals surface area contributed by atoms with Gasteiger partial charge in [0.15, 0.2) is 0 Å². The van der Waals surface area contributed by atoms with Crippen molar-refractivity contribution >= 4 is 29.1 Å². The molecule has 0 bridgehead atoms. The van der Waals surface area contributed by atoms with Crippen molar-refractivity contribution < 1.29 is 9.59 Å². The summed E-state index contributed by atoms with van der Waals surface area (Å²) in [6.07, 6.45) is 1.59. The average Bonchev–Trinajstić information content (AvgIpc) is 3.18. The molecule has 162 valence electrons. The monoisotopic (exact) mass is 438 g/mol. The lowest BCUT2D eigenvalue weighted by molar-refractivity contribution is -0.118. The third-order valence-corrected chi connectivity index (χ3v) is 5.06. The van der Waals surface area contributed by atoms with E-state index in [0.29, 0.717) is 22.8 Å². The van der Waals surface area contributed by atoms with Gasteiger partial charge in [0.1, 0.15) is 0 Å². The molecule has 0 saturated heterocycles. The number of amides is 2. The van der Waals surface area contributed by atoms with Gasteiger partial charge in [0.25, 0.3) is 5.91 Å². The molecule has 7 heteroatoms. The summed E-state index contributed by atoms with van der Waals surface area (Å²) in [7, 11) is 0. The summed E-state index contributed by atoms with van der Waals surface area (Å²) < 4.78 is 1.76. The number of anilines is 1. The highest BCUT2D eigenvalue weighted by Gasteiger charge is 2.21. The summed E-state index contributed by atoms with van der Waals surface area (Å²) in [5.41, 5.74) is 3.76. The SMILES string of the molecule is CC(C)C(=O)Nc1cccc(CNC(=O)c2cnn(-c3cccc(Cl)c3)c2C(C)C)c1. The Morgan fingerprint density at radius 3 is 2.48 bits per heavy atom. The van der Waals surface area contributed by atoms with E-state index in [1.165, 1.54) is 0 Å². The third-order valence-electron chi connectivity index (χ3n) is 4.82. The molecule has 0 unspecified atom stereocenters. The summed E-state index contributed by atoms with van der Waals surface area (Å²) in [6.45, 7) is 8.07. The average molecular weight is 439 g/mol. The Hall–Kier alpha value is -3.12. The molecular weight excluding hydrogens is 412 g/mol. The zero-order valence-corrected chi connectivity index (χ0v) is 18.9. The van der Waals surface area contributed by atoms with Gasteiger partial charge in [0.05, 0.1) is 23.1 Å². The lowest BCUT2D eigenvalue weighted by atomic mass is 10.0. The van der Waals surface area contributed by atoms with E-state index < -0.39 is 0 Å². The maximum atomic E-state index is 12.9. The van der Waals surface area contributed by atoms with E-state index in [0.717, 1.165) is 16.9 Å². The molecule has 0 fully saturated rings. The first-order chi connectivity index (χ1) is 14.8. The number of nitrogens with zero attached hydrogens (tertiary/aromatic N) is 2. The van der Waals surface area contributed by atoms with Crippen LogP contribution in [0.15, 0.2) is 54.7 Å². The number of rotatable bonds is 7. The van der Waals surface area contributed by atoms with E-state index >= 15 is 0 Å². The van der Waals surface area contributed by atoms with Crippen LogP contribution in [0.4, 0.5) is 5.69 Å². The van der Waals surface area contributed by atoms with Crippen LogP contribution < -0.4 is 10.6 Å². The van der Waals surface area contributed by atoms with Crippen LogP contribution in [0.3, 0.4) is 0 Å². The number of nitrogens with one attached hydrogen (secondary N) is 2. The molecule has 0 spiro atoms. The second kappa shape index (κ2) is 9.79. The van der Waals surface area contributed by atoms with Crippen LogP contribution >= 0.6 is 11.6 Å². The van der Waals surface area contributed by atoms with Crippen LogP contribution in [-0.4, -0.2) is 21.6 Å². The van der Waals surface area contributed by atoms with Crippen LogP contribution in [-0.2, 0) is 11.3 Å². The second-order valence-corrected chi connectivity index (χ2v) is 8.45. The molecule has 0 atom stereocenters. The number of carbonyl (C=O) groups excluding carboxylic acids is 2. The van der Waals surface area contributed by atoms with Crippen LogP contribution in [0.1, 0.15) is 55.2 Å². The van der Waals surface area contributed by atoms with Crippen molar-refractivity contribution in [1.29, 1.82) is 0 Å². The Morgan fingerprint density at radius 2 is 1.81 bits per heavy atom. The van der Waals surface area contributed by atoms with Crippen molar-refractivity contribution in [2.45, 2.75) is 40.2 Å². The van der Waals surface area contributed by atoms with Gasteiger partial charge in [-0.25, -0.2) is 4.68 Å². The van der Waals surface area contributed by atoms with Crippen molar-refractivity contribution in [2.75, 3.05) is 5.32 Å². The molecule has 0 aliphatic heterocycles. The Balaban J connectivity index is 1.76. The van der Waals surface area contributed by atoms with E-state index in [2.05, 4.69) is 15.7 Å². The molecule has 3 rings (SSSR count). The topological polar surface area (TPSA) is 76.0 Å². The van der Waals surface area contributed by atoms with Crippen LogP contribution in [0, 0.1) is 5.92 Å². The molecule has 3 aromatic rings. The predicted octanol–water partition coefficient (Wildman–Crippen LogP) is 5.17. The van der Waals surface area contributed by atoms with Crippen LogP contribution in [0.5, 0.6) is 0 Å². The van der Waals surface area contributed by atoms with E-state index in [9.17, 15) is 9.59 Å². The van der Waals surface area contributed by atoms with Gasteiger partial charge in [-0.2, -0.15) is 5.10 Å². The molecular formula is C24H27ClN4O2. The molecule has 2 amide bonds. The van der Waals surface area contributed by atoms with Crippen LogP contribution in [0.2, 0.25) is 5.02 Å². The number of hydrogen-bond donors (Lipinski definition) is 2. The highest BCUT2D eigenvalue weighted by Crippen LogP contribution is 2.24. The first-order valence-corrected chi connectivity index (χ1v) is 10.7. The fourth-order valence-electron chi connectivity index (χ4n) is 3.23. The fraction of sp³-hybridized carbons (Fsp3) is 0.292. The molecule has 0 aliphatic carbocycles.